The van der Waals surface area contributed by atoms with Crippen LogP contribution in [0.3, 0.4) is 0 Å². The van der Waals surface area contributed by atoms with Crippen LogP contribution in [0.15, 0.2) is 42.5 Å². The van der Waals surface area contributed by atoms with Gasteiger partial charge in [-0.25, -0.2) is 0 Å². The largest absolute Gasteiger partial charge is 0.507 e. The Hall–Kier alpha value is -0.0938. The molecule has 0 aliphatic rings. The third-order valence-corrected chi connectivity index (χ3v) is 6.46. The van der Waals surface area contributed by atoms with E-state index in [0.29, 0.717) is 0 Å². The van der Waals surface area contributed by atoms with Crippen molar-refractivity contribution in [3.8, 4) is 0 Å². The Bertz CT molecular complexity index is 630. The second-order valence-electron chi connectivity index (χ2n) is 3.52. The van der Waals surface area contributed by atoms with E-state index in [4.69, 9.17) is 0 Å². The molecule has 0 spiro atoms. The number of benzene rings is 2. The fourth-order valence-corrected chi connectivity index (χ4v) is 5.38. The first-order valence-corrected chi connectivity index (χ1v) is 10.3. The van der Waals surface area contributed by atoms with E-state index >= 15 is 0 Å². The van der Waals surface area contributed by atoms with Crippen LogP contribution >= 0.6 is 24.2 Å². The maximum atomic E-state index is 3.69. The van der Waals surface area contributed by atoms with Gasteiger partial charge >= 0.3 is 18.2 Å². The fraction of sp³-hybridized carbons (Fsp3) is 0. The summed E-state index contributed by atoms with van der Waals surface area (Å²) in [5.74, 6) is 0. The van der Waals surface area contributed by atoms with Gasteiger partial charge < -0.3 is 0 Å². The lowest BCUT2D eigenvalue weighted by atomic mass is 10.1. The number of fused-ring (bicyclic) bond motifs is 3. The molecule has 70 valence electrons. The van der Waals surface area contributed by atoms with Crippen molar-refractivity contribution in [1.29, 1.82) is 0 Å². The monoisotopic (exact) mass is 286 g/mol. The third-order valence-electron chi connectivity index (χ3n) is 2.63. The summed E-state index contributed by atoms with van der Waals surface area (Å²) >= 11 is 5.31. The van der Waals surface area contributed by atoms with E-state index in [9.17, 15) is 0 Å². The van der Waals surface area contributed by atoms with Gasteiger partial charge in [-0.15, -0.1) is 15.0 Å². The molecule has 3 rings (SSSR count). The molecular formula is C12H7BrMgS. The van der Waals surface area contributed by atoms with Crippen LogP contribution in [-0.4, -0.2) is 18.2 Å². The lowest BCUT2D eigenvalue weighted by Crippen LogP contribution is -2.07. The van der Waals surface area contributed by atoms with E-state index < -0.39 is 0 Å². The molecule has 0 atom stereocenters. The Morgan fingerprint density at radius 2 is 1.73 bits per heavy atom. The first kappa shape index (κ1) is 10.1. The van der Waals surface area contributed by atoms with Gasteiger partial charge in [-0.3, -0.25) is 12.9 Å². The van der Waals surface area contributed by atoms with Crippen molar-refractivity contribution in [2.24, 2.45) is 0 Å². The molecule has 0 nitrogen and oxygen atoms in total. The molecule has 0 saturated heterocycles. The summed E-state index contributed by atoms with van der Waals surface area (Å²) in [4.78, 5) is 0. The van der Waals surface area contributed by atoms with Crippen molar-refractivity contribution in [2.75, 3.05) is 0 Å². The first-order chi connectivity index (χ1) is 7.40. The summed E-state index contributed by atoms with van der Waals surface area (Å²) in [7, 11) is 0. The highest BCUT2D eigenvalue weighted by molar-refractivity contribution is 9.23. The van der Waals surface area contributed by atoms with E-state index in [1.54, 1.807) is 0 Å². The molecule has 15 heavy (non-hydrogen) atoms. The third kappa shape index (κ3) is 1.62. The zero-order valence-electron chi connectivity index (χ0n) is 8.03. The highest BCUT2D eigenvalue weighted by atomic mass is 79.9. The Balaban J connectivity index is 2.56. The van der Waals surface area contributed by atoms with E-state index in [-0.39, 0.29) is 18.2 Å². The normalized spacial score (nSPS) is 10.7. The number of hydrogen-bond acceptors (Lipinski definition) is 1. The predicted octanol–water partition coefficient (Wildman–Crippen LogP) is 3.69. The van der Waals surface area contributed by atoms with Gasteiger partial charge in [0.1, 0.15) is 0 Å². The number of rotatable bonds is 1. The van der Waals surface area contributed by atoms with Gasteiger partial charge in [0.2, 0.25) is 0 Å². The summed E-state index contributed by atoms with van der Waals surface area (Å²) in [6, 6.07) is 15.3. The highest BCUT2D eigenvalue weighted by Crippen LogP contribution is 2.32. The second-order valence-corrected chi connectivity index (χ2v) is 7.32. The molecule has 0 saturated carbocycles. The SMILES string of the molecule is [Br][Mg][c]1cccc2sc3ccccc3c12. The summed E-state index contributed by atoms with van der Waals surface area (Å²) in [5.41, 5.74) is 0. The molecule has 0 aliphatic carbocycles. The van der Waals surface area contributed by atoms with Crippen LogP contribution in [0.4, 0.5) is 0 Å². The quantitative estimate of drug-likeness (QED) is 0.599. The van der Waals surface area contributed by atoms with E-state index in [2.05, 4.69) is 55.3 Å². The van der Waals surface area contributed by atoms with Crippen molar-refractivity contribution in [3.05, 3.63) is 42.5 Å². The van der Waals surface area contributed by atoms with Crippen molar-refractivity contribution < 1.29 is 0 Å². The molecule has 1 heterocycles. The first-order valence-electron chi connectivity index (χ1n) is 4.85. The van der Waals surface area contributed by atoms with Crippen LogP contribution in [0.5, 0.6) is 0 Å². The van der Waals surface area contributed by atoms with Gasteiger partial charge in [0.25, 0.3) is 0 Å². The molecule has 0 fully saturated rings. The van der Waals surface area contributed by atoms with Crippen molar-refractivity contribution in [3.63, 3.8) is 0 Å². The number of halogens is 1. The number of hydrogen-bond donors (Lipinski definition) is 0. The molecule has 0 amide bonds. The molecule has 0 aliphatic heterocycles. The lowest BCUT2D eigenvalue weighted by molar-refractivity contribution is 1.86. The Kier molecular flexibility index (Phi) is 2.73. The molecule has 0 N–H and O–H groups in total. The van der Waals surface area contributed by atoms with Gasteiger partial charge in [0, 0.05) is 9.40 Å². The van der Waals surface area contributed by atoms with Gasteiger partial charge in [-0.1, -0.05) is 30.3 Å². The van der Waals surface area contributed by atoms with Crippen molar-refractivity contribution in [1.82, 2.24) is 0 Å². The Morgan fingerprint density at radius 3 is 2.60 bits per heavy atom. The maximum absolute atomic E-state index is 3.69. The molecule has 0 radical (unpaired) electrons. The van der Waals surface area contributed by atoms with Crippen LogP contribution in [0.2, 0.25) is 0 Å². The Morgan fingerprint density at radius 1 is 0.933 bits per heavy atom. The minimum atomic E-state index is -0.270. The molecule has 0 bridgehead atoms. The van der Waals surface area contributed by atoms with Crippen LogP contribution < -0.4 is 3.69 Å². The second kappa shape index (κ2) is 4.05. The minimum absolute atomic E-state index is 0.270. The minimum Gasteiger partial charge on any atom is -0.296 e. The van der Waals surface area contributed by atoms with Crippen LogP contribution in [-0.2, 0) is 0 Å². The maximum Gasteiger partial charge on any atom is 0.507 e. The van der Waals surface area contributed by atoms with Crippen LogP contribution in [0.25, 0.3) is 20.2 Å². The molecule has 0 unspecified atom stereocenters. The standard InChI is InChI=1S/C12H7S.BrH.Mg/c1-3-7-11-9(5-1)10-6-2-4-8-12(10)13-11;;/h1-5,7-8H;1H;/q;;+1/p-1. The topological polar surface area (TPSA) is 0 Å². The van der Waals surface area contributed by atoms with Crippen molar-refractivity contribution >= 4 is 66.3 Å². The summed E-state index contributed by atoms with van der Waals surface area (Å²) in [6.45, 7) is 0. The molecule has 3 heteroatoms. The lowest BCUT2D eigenvalue weighted by Gasteiger charge is -1.98. The van der Waals surface area contributed by atoms with Gasteiger partial charge in [-0.2, -0.15) is 0 Å². The van der Waals surface area contributed by atoms with Crippen LogP contribution in [0.1, 0.15) is 0 Å². The number of thiophene rings is 1. The van der Waals surface area contributed by atoms with Gasteiger partial charge in [0.15, 0.2) is 0 Å². The highest BCUT2D eigenvalue weighted by Gasteiger charge is 2.08. The molecule has 3 aromatic rings. The van der Waals surface area contributed by atoms with E-state index in [1.807, 2.05) is 11.3 Å². The van der Waals surface area contributed by atoms with E-state index in [0.717, 1.165) is 0 Å². The Labute approximate surface area is 108 Å². The molecule has 1 aromatic heterocycles. The van der Waals surface area contributed by atoms with Crippen LogP contribution in [0, 0.1) is 0 Å². The average Bonchev–Trinajstić information content (AvgIpc) is 2.67. The zero-order valence-corrected chi connectivity index (χ0v) is 11.9. The molecule has 2 aromatic carbocycles. The summed E-state index contributed by atoms with van der Waals surface area (Å²) < 4.78 is 4.33. The average molecular weight is 287 g/mol. The van der Waals surface area contributed by atoms with E-state index in [1.165, 1.54) is 23.9 Å². The zero-order chi connectivity index (χ0) is 10.3. The smallest absolute Gasteiger partial charge is 0.296 e. The summed E-state index contributed by atoms with van der Waals surface area (Å²) in [5, 5.41) is 2.89. The van der Waals surface area contributed by atoms with Gasteiger partial charge in [-0.05, 0) is 22.9 Å². The van der Waals surface area contributed by atoms with Gasteiger partial charge in [0.05, 0.1) is 0 Å². The summed E-state index contributed by atoms with van der Waals surface area (Å²) in [6.07, 6.45) is 0. The predicted molar refractivity (Wildman–Crippen MR) is 73.6 cm³/mol. The van der Waals surface area contributed by atoms with Crippen molar-refractivity contribution in [2.45, 2.75) is 0 Å². The fourth-order valence-electron chi connectivity index (χ4n) is 1.96. The molecular weight excluding hydrogens is 280 g/mol.